The molecule has 1 aromatic heterocycles. The molecule has 1 aromatic carbocycles. The predicted molar refractivity (Wildman–Crippen MR) is 88.2 cm³/mol. The Hall–Kier alpha value is -2.65. The first-order valence-electron chi connectivity index (χ1n) is 8.04. The first-order valence-corrected chi connectivity index (χ1v) is 8.04. The zero-order chi connectivity index (χ0) is 17.0. The first kappa shape index (κ1) is 16.2. The summed E-state index contributed by atoms with van der Waals surface area (Å²) in [7, 11) is 0. The molecule has 1 aliphatic heterocycles. The quantitative estimate of drug-likeness (QED) is 0.936. The summed E-state index contributed by atoms with van der Waals surface area (Å²) in [6.45, 7) is 2.79. The molecule has 1 amide bonds. The number of ether oxygens (including phenoxy) is 1. The van der Waals surface area contributed by atoms with E-state index in [1.807, 2.05) is 43.5 Å². The smallest absolute Gasteiger partial charge is 0.241 e. The lowest BCUT2D eigenvalue weighted by atomic mass is 9.80. The highest BCUT2D eigenvalue weighted by molar-refractivity contribution is 5.85. The van der Waals surface area contributed by atoms with Gasteiger partial charge in [-0.05, 0) is 31.9 Å². The fraction of sp³-hybridized carbons (Fsp3) is 0.389. The molecule has 0 bridgehead atoms. The zero-order valence-corrected chi connectivity index (χ0v) is 13.6. The van der Waals surface area contributed by atoms with Gasteiger partial charge < -0.3 is 10.1 Å². The van der Waals surface area contributed by atoms with Crippen molar-refractivity contribution in [2.45, 2.75) is 25.8 Å². The Balaban J connectivity index is 1.71. The maximum Gasteiger partial charge on any atom is 0.241 e. The van der Waals surface area contributed by atoms with E-state index in [-0.39, 0.29) is 11.9 Å². The molecule has 1 saturated heterocycles. The third kappa shape index (κ3) is 3.17. The van der Waals surface area contributed by atoms with E-state index in [1.54, 1.807) is 10.9 Å². The molecule has 2 heterocycles. The van der Waals surface area contributed by atoms with Gasteiger partial charge in [-0.25, -0.2) is 4.68 Å². The second-order valence-corrected chi connectivity index (χ2v) is 6.06. The number of hydrogen-bond donors (Lipinski definition) is 1. The van der Waals surface area contributed by atoms with Gasteiger partial charge in [0, 0.05) is 25.0 Å². The molecule has 124 valence electrons. The fourth-order valence-corrected chi connectivity index (χ4v) is 2.81. The number of carbonyl (C=O) groups excluding carboxylic acids is 1. The van der Waals surface area contributed by atoms with Crippen molar-refractivity contribution < 1.29 is 9.53 Å². The van der Waals surface area contributed by atoms with Crippen LogP contribution in [0.15, 0.2) is 42.7 Å². The highest BCUT2D eigenvalue weighted by atomic mass is 16.5. The van der Waals surface area contributed by atoms with Gasteiger partial charge in [0.25, 0.3) is 0 Å². The van der Waals surface area contributed by atoms with Crippen LogP contribution >= 0.6 is 0 Å². The molecule has 24 heavy (non-hydrogen) atoms. The Morgan fingerprint density at radius 1 is 1.38 bits per heavy atom. The number of nitrogens with zero attached hydrogens (tertiary/aromatic N) is 3. The van der Waals surface area contributed by atoms with Gasteiger partial charge in [0.15, 0.2) is 0 Å². The van der Waals surface area contributed by atoms with Gasteiger partial charge in [-0.2, -0.15) is 10.4 Å². The van der Waals surface area contributed by atoms with Gasteiger partial charge in [-0.1, -0.05) is 18.2 Å². The van der Waals surface area contributed by atoms with Gasteiger partial charge in [0.05, 0.1) is 24.0 Å². The Labute approximate surface area is 141 Å². The fourth-order valence-electron chi connectivity index (χ4n) is 2.81. The number of benzene rings is 1. The number of rotatable bonds is 4. The third-order valence-corrected chi connectivity index (χ3v) is 4.47. The molecule has 1 N–H and O–H groups in total. The summed E-state index contributed by atoms with van der Waals surface area (Å²) < 4.78 is 7.04. The molecule has 3 rings (SSSR count). The van der Waals surface area contributed by atoms with Crippen LogP contribution in [0.4, 0.5) is 0 Å². The van der Waals surface area contributed by atoms with Crippen molar-refractivity contribution in [1.29, 1.82) is 5.26 Å². The standard InChI is InChI=1S/C18H20N4O2/c1-14(21-17(23)18(13-19)7-9-24-10-8-18)15-11-20-22(12-15)16-5-3-2-4-6-16/h2-6,11-12,14H,7-10H2,1H3,(H,21,23)/t14-/m1/s1. The molecule has 2 aromatic rings. The van der Waals surface area contributed by atoms with Crippen LogP contribution in [0.3, 0.4) is 0 Å². The third-order valence-electron chi connectivity index (χ3n) is 4.47. The number of para-hydroxylation sites is 1. The van der Waals surface area contributed by atoms with Crippen molar-refractivity contribution in [1.82, 2.24) is 15.1 Å². The van der Waals surface area contributed by atoms with E-state index < -0.39 is 5.41 Å². The van der Waals surface area contributed by atoms with Gasteiger partial charge in [0.1, 0.15) is 5.41 Å². The lowest BCUT2D eigenvalue weighted by Crippen LogP contribution is -2.44. The molecule has 0 aliphatic carbocycles. The molecule has 1 aliphatic rings. The largest absolute Gasteiger partial charge is 0.381 e. The van der Waals surface area contributed by atoms with Gasteiger partial charge in [0.2, 0.25) is 5.91 Å². The number of carbonyl (C=O) groups is 1. The van der Waals surface area contributed by atoms with Crippen molar-refractivity contribution in [3.05, 3.63) is 48.3 Å². The molecule has 1 atom stereocenters. The second kappa shape index (κ2) is 6.85. The molecular formula is C18H20N4O2. The summed E-state index contributed by atoms with van der Waals surface area (Å²) in [5.41, 5.74) is 0.870. The Morgan fingerprint density at radius 2 is 2.08 bits per heavy atom. The highest BCUT2D eigenvalue weighted by Crippen LogP contribution is 2.30. The number of nitriles is 1. The minimum absolute atomic E-state index is 0.219. The van der Waals surface area contributed by atoms with Crippen LogP contribution < -0.4 is 5.32 Å². The van der Waals surface area contributed by atoms with Crippen LogP contribution in [0.2, 0.25) is 0 Å². The Morgan fingerprint density at radius 3 is 2.75 bits per heavy atom. The van der Waals surface area contributed by atoms with Crippen LogP contribution in [0.25, 0.3) is 5.69 Å². The maximum atomic E-state index is 12.6. The summed E-state index contributed by atoms with van der Waals surface area (Å²) in [6.07, 6.45) is 4.50. The average Bonchev–Trinajstić information content (AvgIpc) is 3.13. The van der Waals surface area contributed by atoms with Crippen LogP contribution in [0, 0.1) is 16.7 Å². The summed E-state index contributed by atoms with van der Waals surface area (Å²) in [6, 6.07) is 11.7. The number of aromatic nitrogens is 2. The molecule has 0 radical (unpaired) electrons. The molecule has 6 nitrogen and oxygen atoms in total. The van der Waals surface area contributed by atoms with E-state index in [9.17, 15) is 10.1 Å². The van der Waals surface area contributed by atoms with E-state index in [0.29, 0.717) is 26.1 Å². The SMILES string of the molecule is C[C@@H](NC(=O)C1(C#N)CCOCC1)c1cnn(-c2ccccc2)c1. The number of amides is 1. The summed E-state index contributed by atoms with van der Waals surface area (Å²) in [5, 5.41) is 16.8. The highest BCUT2D eigenvalue weighted by Gasteiger charge is 2.41. The van der Waals surface area contributed by atoms with E-state index in [0.717, 1.165) is 11.3 Å². The Kier molecular flexibility index (Phi) is 4.63. The Bertz CT molecular complexity index is 742. The lowest BCUT2D eigenvalue weighted by molar-refractivity contribution is -0.133. The maximum absolute atomic E-state index is 12.6. The second-order valence-electron chi connectivity index (χ2n) is 6.06. The van der Waals surface area contributed by atoms with E-state index in [4.69, 9.17) is 4.74 Å². The molecule has 0 saturated carbocycles. The molecule has 0 spiro atoms. The monoisotopic (exact) mass is 324 g/mol. The topological polar surface area (TPSA) is 79.9 Å². The van der Waals surface area contributed by atoms with Crippen molar-refractivity contribution >= 4 is 5.91 Å². The average molecular weight is 324 g/mol. The summed E-state index contributed by atoms with van der Waals surface area (Å²) >= 11 is 0. The minimum Gasteiger partial charge on any atom is -0.381 e. The summed E-state index contributed by atoms with van der Waals surface area (Å²) in [4.78, 5) is 12.6. The van der Waals surface area contributed by atoms with Crippen LogP contribution in [-0.2, 0) is 9.53 Å². The molecule has 1 fully saturated rings. The zero-order valence-electron chi connectivity index (χ0n) is 13.6. The van der Waals surface area contributed by atoms with Gasteiger partial charge in [-0.3, -0.25) is 4.79 Å². The van der Waals surface area contributed by atoms with E-state index >= 15 is 0 Å². The first-order chi connectivity index (χ1) is 11.6. The van der Waals surface area contributed by atoms with Crippen LogP contribution in [0.5, 0.6) is 0 Å². The van der Waals surface area contributed by atoms with Crippen molar-refractivity contribution in [3.63, 3.8) is 0 Å². The molecule has 6 heteroatoms. The van der Waals surface area contributed by atoms with Crippen molar-refractivity contribution in [2.75, 3.05) is 13.2 Å². The molecular weight excluding hydrogens is 304 g/mol. The van der Waals surface area contributed by atoms with Crippen LogP contribution in [-0.4, -0.2) is 28.9 Å². The van der Waals surface area contributed by atoms with Crippen molar-refractivity contribution in [3.8, 4) is 11.8 Å². The minimum atomic E-state index is -0.984. The van der Waals surface area contributed by atoms with Gasteiger partial charge in [-0.15, -0.1) is 0 Å². The normalized spacial score (nSPS) is 17.7. The van der Waals surface area contributed by atoms with E-state index in [1.165, 1.54) is 0 Å². The number of nitrogens with one attached hydrogen (secondary N) is 1. The predicted octanol–water partition coefficient (Wildman–Crippen LogP) is 2.37. The van der Waals surface area contributed by atoms with Crippen LogP contribution in [0.1, 0.15) is 31.4 Å². The molecule has 0 unspecified atom stereocenters. The number of hydrogen-bond acceptors (Lipinski definition) is 4. The lowest BCUT2D eigenvalue weighted by Gasteiger charge is -2.30. The van der Waals surface area contributed by atoms with Gasteiger partial charge >= 0.3 is 0 Å². The van der Waals surface area contributed by atoms with E-state index in [2.05, 4.69) is 16.5 Å². The van der Waals surface area contributed by atoms with Crippen molar-refractivity contribution in [2.24, 2.45) is 5.41 Å². The summed E-state index contributed by atoms with van der Waals surface area (Å²) in [5.74, 6) is -0.228.